The molecule has 0 aliphatic heterocycles. The van der Waals surface area contributed by atoms with Gasteiger partial charge in [0.1, 0.15) is 0 Å². The zero-order valence-electron chi connectivity index (χ0n) is 8.64. The summed E-state index contributed by atoms with van der Waals surface area (Å²) in [5.74, 6) is -1.46. The largest absolute Gasteiger partial charge is 0.481 e. The van der Waals surface area contributed by atoms with Crippen molar-refractivity contribution in [2.45, 2.75) is 12.8 Å². The summed E-state index contributed by atoms with van der Waals surface area (Å²) < 4.78 is 0.950. The number of fused-ring (bicyclic) bond motifs is 1. The molecule has 0 aliphatic carbocycles. The van der Waals surface area contributed by atoms with Crippen LogP contribution in [0, 0.1) is 0 Å². The average molecular weight is 280 g/mol. The number of pyridine rings is 1. The lowest BCUT2D eigenvalue weighted by Gasteiger charge is -2.09. The highest BCUT2D eigenvalue weighted by Gasteiger charge is 2.18. The first-order valence-electron chi connectivity index (χ1n) is 4.87. The number of carboxylic acid groups (broad SMARTS) is 1. The van der Waals surface area contributed by atoms with E-state index in [-0.39, 0.29) is 0 Å². The highest BCUT2D eigenvalue weighted by atomic mass is 79.9. The molecule has 1 atom stereocenters. The van der Waals surface area contributed by atoms with Crippen molar-refractivity contribution in [2.75, 3.05) is 0 Å². The summed E-state index contributed by atoms with van der Waals surface area (Å²) in [7, 11) is 0. The first-order chi connectivity index (χ1) is 7.61. The molecule has 1 aromatic carbocycles. The van der Waals surface area contributed by atoms with Gasteiger partial charge in [-0.3, -0.25) is 9.78 Å². The number of halogens is 1. The van der Waals surface area contributed by atoms with Crippen LogP contribution in [0.25, 0.3) is 10.8 Å². The van der Waals surface area contributed by atoms with Crippen LogP contribution in [-0.2, 0) is 4.79 Å². The number of nitrogens with zero attached hydrogens (tertiary/aromatic N) is 1. The molecule has 1 N–H and O–H groups in total. The van der Waals surface area contributed by atoms with Crippen LogP contribution >= 0.6 is 15.9 Å². The molecule has 16 heavy (non-hydrogen) atoms. The summed E-state index contributed by atoms with van der Waals surface area (Å²) in [6.07, 6.45) is 1.64. The van der Waals surface area contributed by atoms with E-state index in [4.69, 9.17) is 5.11 Å². The number of aromatic nitrogens is 1. The van der Waals surface area contributed by atoms with Crippen LogP contribution in [0.5, 0.6) is 0 Å². The average Bonchev–Trinajstić information content (AvgIpc) is 2.28. The van der Waals surface area contributed by atoms with Gasteiger partial charge in [0.25, 0.3) is 0 Å². The first-order valence-corrected chi connectivity index (χ1v) is 5.66. The van der Waals surface area contributed by atoms with E-state index >= 15 is 0 Å². The van der Waals surface area contributed by atoms with Crippen LogP contribution in [-0.4, -0.2) is 16.1 Å². The van der Waals surface area contributed by atoms with Gasteiger partial charge in [-0.2, -0.15) is 0 Å². The molecule has 0 spiro atoms. The van der Waals surface area contributed by atoms with Gasteiger partial charge in [0.05, 0.1) is 11.6 Å². The molecule has 2 rings (SSSR count). The van der Waals surface area contributed by atoms with Crippen LogP contribution in [0.4, 0.5) is 0 Å². The summed E-state index contributed by atoms with van der Waals surface area (Å²) in [4.78, 5) is 15.1. The number of aliphatic carboxylic acids is 1. The molecule has 3 nitrogen and oxygen atoms in total. The zero-order valence-corrected chi connectivity index (χ0v) is 10.2. The van der Waals surface area contributed by atoms with Crippen LogP contribution in [0.3, 0.4) is 0 Å². The third kappa shape index (κ3) is 1.80. The Hall–Kier alpha value is -1.42. The molecular weight excluding hydrogens is 270 g/mol. The molecule has 1 heterocycles. The fraction of sp³-hybridized carbons (Fsp3) is 0.167. The number of hydrogen-bond donors (Lipinski definition) is 1. The van der Waals surface area contributed by atoms with E-state index < -0.39 is 11.9 Å². The third-order valence-electron chi connectivity index (χ3n) is 2.56. The van der Waals surface area contributed by atoms with Gasteiger partial charge in [-0.25, -0.2) is 0 Å². The Labute approximate surface area is 101 Å². The first kappa shape index (κ1) is 11.1. The fourth-order valence-electron chi connectivity index (χ4n) is 1.65. The Morgan fingerprint density at radius 1 is 1.38 bits per heavy atom. The van der Waals surface area contributed by atoms with E-state index in [2.05, 4.69) is 20.9 Å². The Morgan fingerprint density at radius 3 is 2.81 bits per heavy atom. The van der Waals surface area contributed by atoms with Crippen molar-refractivity contribution in [1.82, 2.24) is 4.98 Å². The quantitative estimate of drug-likeness (QED) is 0.919. The van der Waals surface area contributed by atoms with Crippen molar-refractivity contribution in [3.63, 3.8) is 0 Å². The standard InChI is InChI=1S/C12H10BrNO2/c1-7(12(15)16)11-9-3-2-4-10(13)8(9)5-6-14-11/h2-7H,1H3,(H,15,16). The van der Waals surface area contributed by atoms with E-state index in [9.17, 15) is 4.79 Å². The van der Waals surface area contributed by atoms with Crippen molar-refractivity contribution >= 4 is 32.7 Å². The molecule has 1 aromatic heterocycles. The van der Waals surface area contributed by atoms with E-state index in [1.165, 1.54) is 0 Å². The minimum atomic E-state index is -0.861. The lowest BCUT2D eigenvalue weighted by atomic mass is 10.0. The summed E-state index contributed by atoms with van der Waals surface area (Å²) in [5, 5.41) is 10.9. The van der Waals surface area contributed by atoms with Crippen LogP contribution < -0.4 is 0 Å². The second-order valence-electron chi connectivity index (χ2n) is 3.59. The highest BCUT2D eigenvalue weighted by molar-refractivity contribution is 9.10. The van der Waals surface area contributed by atoms with E-state index in [1.807, 2.05) is 24.3 Å². The molecule has 1 unspecified atom stereocenters. The van der Waals surface area contributed by atoms with Crippen molar-refractivity contribution in [1.29, 1.82) is 0 Å². The van der Waals surface area contributed by atoms with Crippen molar-refractivity contribution in [2.24, 2.45) is 0 Å². The Kier molecular flexibility index (Phi) is 2.92. The molecule has 0 saturated heterocycles. The second kappa shape index (κ2) is 4.22. The smallest absolute Gasteiger partial charge is 0.312 e. The maximum atomic E-state index is 11.0. The molecule has 0 saturated carbocycles. The maximum absolute atomic E-state index is 11.0. The molecule has 2 aromatic rings. The van der Waals surface area contributed by atoms with Crippen molar-refractivity contribution < 1.29 is 9.90 Å². The summed E-state index contributed by atoms with van der Waals surface area (Å²) in [6.45, 7) is 1.64. The SMILES string of the molecule is CC(C(=O)O)c1nccc2c(Br)cccc12. The lowest BCUT2D eigenvalue weighted by Crippen LogP contribution is -2.09. The van der Waals surface area contributed by atoms with E-state index in [0.717, 1.165) is 15.2 Å². The van der Waals surface area contributed by atoms with E-state index in [1.54, 1.807) is 13.1 Å². The van der Waals surface area contributed by atoms with Crippen LogP contribution in [0.15, 0.2) is 34.9 Å². The summed E-state index contributed by atoms with van der Waals surface area (Å²) >= 11 is 3.44. The topological polar surface area (TPSA) is 50.2 Å². The van der Waals surface area contributed by atoms with Crippen LogP contribution in [0.2, 0.25) is 0 Å². The third-order valence-corrected chi connectivity index (χ3v) is 3.26. The molecule has 0 fully saturated rings. The van der Waals surface area contributed by atoms with Gasteiger partial charge < -0.3 is 5.11 Å². The van der Waals surface area contributed by atoms with E-state index in [0.29, 0.717) is 5.69 Å². The Bertz CT molecular complexity index is 554. The lowest BCUT2D eigenvalue weighted by molar-refractivity contribution is -0.138. The molecule has 0 radical (unpaired) electrons. The van der Waals surface area contributed by atoms with Gasteiger partial charge in [0.2, 0.25) is 0 Å². The minimum Gasteiger partial charge on any atom is -0.481 e. The Balaban J connectivity index is 2.72. The molecule has 0 amide bonds. The van der Waals surface area contributed by atoms with Gasteiger partial charge in [-0.15, -0.1) is 0 Å². The normalized spacial score (nSPS) is 12.6. The Morgan fingerprint density at radius 2 is 2.12 bits per heavy atom. The van der Waals surface area contributed by atoms with Gasteiger partial charge in [-0.05, 0) is 24.4 Å². The molecule has 4 heteroatoms. The number of carbonyl (C=O) groups is 1. The monoisotopic (exact) mass is 279 g/mol. The fourth-order valence-corrected chi connectivity index (χ4v) is 2.15. The number of hydrogen-bond acceptors (Lipinski definition) is 2. The molecule has 0 aliphatic rings. The molecule has 0 bridgehead atoms. The van der Waals surface area contributed by atoms with Crippen molar-refractivity contribution in [3.8, 4) is 0 Å². The maximum Gasteiger partial charge on any atom is 0.312 e. The van der Waals surface area contributed by atoms with Gasteiger partial charge >= 0.3 is 5.97 Å². The molecular formula is C12H10BrNO2. The van der Waals surface area contributed by atoms with Gasteiger partial charge in [-0.1, -0.05) is 28.1 Å². The minimum absolute atomic E-state index is 0.599. The number of carboxylic acids is 1. The summed E-state index contributed by atoms with van der Waals surface area (Å²) in [5.41, 5.74) is 0.603. The highest BCUT2D eigenvalue weighted by Crippen LogP contribution is 2.28. The predicted molar refractivity (Wildman–Crippen MR) is 65.5 cm³/mol. The zero-order chi connectivity index (χ0) is 11.7. The predicted octanol–water partition coefficient (Wildman–Crippen LogP) is 3.19. The van der Waals surface area contributed by atoms with Crippen LogP contribution in [0.1, 0.15) is 18.5 Å². The number of rotatable bonds is 2. The second-order valence-corrected chi connectivity index (χ2v) is 4.45. The summed E-state index contributed by atoms with van der Waals surface area (Å²) in [6, 6.07) is 7.57. The molecule has 82 valence electrons. The van der Waals surface area contributed by atoms with Crippen molar-refractivity contribution in [3.05, 3.63) is 40.6 Å². The van der Waals surface area contributed by atoms with Gasteiger partial charge in [0.15, 0.2) is 0 Å². The van der Waals surface area contributed by atoms with Gasteiger partial charge in [0, 0.05) is 16.1 Å². The number of benzene rings is 1.